The molecule has 88 heavy (non-hydrogen) atoms. The third-order valence-electron chi connectivity index (χ3n) is 16.2. The highest BCUT2D eigenvalue weighted by molar-refractivity contribution is 7.47. The molecule has 0 aromatic heterocycles. The van der Waals surface area contributed by atoms with Gasteiger partial charge in [-0.15, -0.1) is 0 Å². The number of rotatable bonds is 67. The fourth-order valence-electron chi connectivity index (χ4n) is 10.3. The Bertz CT molecular complexity index is 1730. The van der Waals surface area contributed by atoms with Gasteiger partial charge in [-0.25, -0.2) is 9.13 Å². The van der Waals surface area contributed by atoms with Crippen LogP contribution in [0.25, 0.3) is 0 Å². The number of aliphatic hydroxyl groups is 1. The zero-order valence-corrected chi connectivity index (χ0v) is 59.0. The van der Waals surface area contributed by atoms with Crippen LogP contribution in [-0.4, -0.2) is 96.7 Å². The first-order chi connectivity index (χ1) is 42.3. The quantitative estimate of drug-likeness (QED) is 0.0222. The molecule has 3 unspecified atom stereocenters. The minimum absolute atomic E-state index is 0.103. The van der Waals surface area contributed by atoms with Crippen molar-refractivity contribution in [1.29, 1.82) is 0 Å². The van der Waals surface area contributed by atoms with E-state index < -0.39 is 97.5 Å². The predicted molar refractivity (Wildman–Crippen MR) is 354 cm³/mol. The Labute approximate surface area is 537 Å². The van der Waals surface area contributed by atoms with Gasteiger partial charge in [-0.05, 0) is 43.4 Å². The number of ether oxygens (including phenoxy) is 4. The second-order valence-corrected chi connectivity index (χ2v) is 29.0. The van der Waals surface area contributed by atoms with Crippen LogP contribution in [-0.2, 0) is 65.4 Å². The van der Waals surface area contributed by atoms with E-state index in [0.717, 1.165) is 102 Å². The van der Waals surface area contributed by atoms with Crippen molar-refractivity contribution in [2.75, 3.05) is 39.6 Å². The second kappa shape index (κ2) is 60.0. The molecule has 3 N–H and O–H groups in total. The lowest BCUT2D eigenvalue weighted by Gasteiger charge is -2.21. The maximum atomic E-state index is 13.0. The molecule has 0 rings (SSSR count). The first-order valence-corrected chi connectivity index (χ1v) is 38.9. The number of phosphoric ester groups is 2. The summed E-state index contributed by atoms with van der Waals surface area (Å²) in [4.78, 5) is 72.4. The number of esters is 4. The number of phosphoric acid groups is 2. The Hall–Kier alpha value is -1.94. The number of unbranched alkanes of at least 4 members (excludes halogenated alkanes) is 34. The molecule has 0 fully saturated rings. The van der Waals surface area contributed by atoms with E-state index in [2.05, 4.69) is 48.5 Å². The van der Waals surface area contributed by atoms with Crippen LogP contribution in [0.4, 0.5) is 0 Å². The van der Waals surface area contributed by atoms with Crippen molar-refractivity contribution < 1.29 is 80.2 Å². The van der Waals surface area contributed by atoms with Crippen LogP contribution in [0.15, 0.2) is 0 Å². The van der Waals surface area contributed by atoms with Crippen molar-refractivity contribution in [3.05, 3.63) is 0 Å². The van der Waals surface area contributed by atoms with Gasteiger partial charge in [0.05, 0.1) is 26.4 Å². The summed E-state index contributed by atoms with van der Waals surface area (Å²) in [6.07, 6.45) is 43.2. The molecule has 0 bridgehead atoms. The number of hydrogen-bond donors (Lipinski definition) is 3. The molecule has 0 spiro atoms. The minimum atomic E-state index is -4.95. The van der Waals surface area contributed by atoms with Crippen LogP contribution in [0.2, 0.25) is 0 Å². The largest absolute Gasteiger partial charge is 0.472 e. The molecule has 17 nitrogen and oxygen atoms in total. The van der Waals surface area contributed by atoms with E-state index in [1.54, 1.807) is 0 Å². The lowest BCUT2D eigenvalue weighted by Crippen LogP contribution is -2.30. The molecule has 0 aromatic rings. The molecule has 0 aromatic carbocycles. The third kappa shape index (κ3) is 61.6. The smallest absolute Gasteiger partial charge is 0.462 e. The summed E-state index contributed by atoms with van der Waals surface area (Å²) in [6.45, 7) is 11.8. The fourth-order valence-corrected chi connectivity index (χ4v) is 11.9. The van der Waals surface area contributed by atoms with E-state index in [9.17, 15) is 43.2 Å². The molecule has 0 saturated heterocycles. The van der Waals surface area contributed by atoms with Crippen LogP contribution < -0.4 is 0 Å². The van der Waals surface area contributed by atoms with Crippen molar-refractivity contribution in [1.82, 2.24) is 0 Å². The zero-order valence-electron chi connectivity index (χ0n) is 57.2. The van der Waals surface area contributed by atoms with Gasteiger partial charge in [0.2, 0.25) is 0 Å². The topological polar surface area (TPSA) is 237 Å². The molecule has 0 aliphatic carbocycles. The Kier molecular flexibility index (Phi) is 58.7. The van der Waals surface area contributed by atoms with Crippen LogP contribution in [0.5, 0.6) is 0 Å². The molecule has 0 heterocycles. The summed E-state index contributed by atoms with van der Waals surface area (Å²) in [5.74, 6) is 0.136. The standard InChI is InChI=1S/C69H134O17P2/c1-8-10-11-12-13-20-29-36-43-50-66(71)79-57-65(86-69(74)53-46-39-32-25-27-34-41-48-61(5)6)59-84-88(77,78)82-55-63(70)54-81-87(75,76)83-58-64(56-80-67(72)51-44-37-30-24-23-26-33-40-47-60(3)4)85-68(73)52-45-38-31-22-19-17-15-14-16-18-21-28-35-42-49-62(7)9-2/h60-65,70H,8-59H2,1-7H3,(H,75,76)(H,77,78)/t62?,63-,64-,65-/m1/s1. The number of aliphatic hydroxyl groups excluding tert-OH is 1. The summed E-state index contributed by atoms with van der Waals surface area (Å²) in [5, 5.41) is 10.6. The Morgan fingerprint density at radius 3 is 0.864 bits per heavy atom. The second-order valence-electron chi connectivity index (χ2n) is 26.1. The summed E-state index contributed by atoms with van der Waals surface area (Å²) in [5.41, 5.74) is 0. The minimum Gasteiger partial charge on any atom is -0.462 e. The zero-order chi connectivity index (χ0) is 65.2. The van der Waals surface area contributed by atoms with Gasteiger partial charge >= 0.3 is 39.5 Å². The molecule has 6 atom stereocenters. The molecular formula is C69H134O17P2. The average molecular weight is 1300 g/mol. The lowest BCUT2D eigenvalue weighted by molar-refractivity contribution is -0.161. The van der Waals surface area contributed by atoms with Crippen LogP contribution in [0.1, 0.15) is 344 Å². The SMILES string of the molecule is CCCCCCCCCCCC(=O)OC[C@H](COP(=O)(O)OC[C@H](O)COP(=O)(O)OC[C@@H](COC(=O)CCCCCCCCCCC(C)C)OC(=O)CCCCCCCCCCCCCCCCC(C)CC)OC(=O)CCCCCCCCCC(C)C. The molecule has 0 aliphatic rings. The third-order valence-corrected chi connectivity index (χ3v) is 18.1. The van der Waals surface area contributed by atoms with E-state index in [0.29, 0.717) is 31.6 Å². The maximum absolute atomic E-state index is 13.0. The van der Waals surface area contributed by atoms with Gasteiger partial charge in [-0.3, -0.25) is 37.3 Å². The van der Waals surface area contributed by atoms with E-state index in [1.165, 1.54) is 154 Å². The maximum Gasteiger partial charge on any atom is 0.472 e. The summed E-state index contributed by atoms with van der Waals surface area (Å²) < 4.78 is 68.2. The van der Waals surface area contributed by atoms with Crippen molar-refractivity contribution >= 4 is 39.5 Å². The van der Waals surface area contributed by atoms with E-state index in [4.69, 9.17) is 37.0 Å². The van der Waals surface area contributed by atoms with Gasteiger partial charge in [-0.1, -0.05) is 292 Å². The highest BCUT2D eigenvalue weighted by Crippen LogP contribution is 2.45. The summed E-state index contributed by atoms with van der Waals surface area (Å²) in [6, 6.07) is 0. The Balaban J connectivity index is 5.21. The molecular weight excluding hydrogens is 1160 g/mol. The number of carbonyl (C=O) groups is 4. The molecule has 19 heteroatoms. The van der Waals surface area contributed by atoms with Gasteiger partial charge < -0.3 is 33.8 Å². The predicted octanol–water partition coefficient (Wildman–Crippen LogP) is 19.5. The van der Waals surface area contributed by atoms with E-state index >= 15 is 0 Å². The van der Waals surface area contributed by atoms with Crippen molar-refractivity contribution in [2.24, 2.45) is 17.8 Å². The van der Waals surface area contributed by atoms with Gasteiger partial charge in [-0.2, -0.15) is 0 Å². The van der Waals surface area contributed by atoms with Crippen molar-refractivity contribution in [3.8, 4) is 0 Å². The van der Waals surface area contributed by atoms with E-state index in [-0.39, 0.29) is 25.7 Å². The average Bonchev–Trinajstić information content (AvgIpc) is 3.70. The Morgan fingerprint density at radius 1 is 0.330 bits per heavy atom. The van der Waals surface area contributed by atoms with Gasteiger partial charge in [0.15, 0.2) is 12.2 Å². The highest BCUT2D eigenvalue weighted by atomic mass is 31.2. The molecule has 0 radical (unpaired) electrons. The molecule has 522 valence electrons. The monoisotopic (exact) mass is 1300 g/mol. The van der Waals surface area contributed by atoms with Crippen molar-refractivity contribution in [3.63, 3.8) is 0 Å². The number of hydrogen-bond acceptors (Lipinski definition) is 15. The fraction of sp³-hybridized carbons (Fsp3) is 0.942. The summed E-state index contributed by atoms with van der Waals surface area (Å²) in [7, 11) is -9.90. The first-order valence-electron chi connectivity index (χ1n) is 35.9. The van der Waals surface area contributed by atoms with Crippen LogP contribution in [0.3, 0.4) is 0 Å². The number of carbonyl (C=O) groups excluding carboxylic acids is 4. The van der Waals surface area contributed by atoms with Crippen LogP contribution >= 0.6 is 15.6 Å². The lowest BCUT2D eigenvalue weighted by atomic mass is 9.99. The van der Waals surface area contributed by atoms with Crippen molar-refractivity contribution in [2.45, 2.75) is 362 Å². The molecule has 0 amide bonds. The normalized spacial score (nSPS) is 14.5. The van der Waals surface area contributed by atoms with Gasteiger partial charge in [0.25, 0.3) is 0 Å². The Morgan fingerprint density at radius 2 is 0.580 bits per heavy atom. The first kappa shape index (κ1) is 86.1. The van der Waals surface area contributed by atoms with Crippen LogP contribution in [0, 0.1) is 17.8 Å². The summed E-state index contributed by atoms with van der Waals surface area (Å²) >= 11 is 0. The van der Waals surface area contributed by atoms with E-state index in [1.807, 2.05) is 0 Å². The molecule has 0 aliphatic heterocycles. The molecule has 0 saturated carbocycles. The van der Waals surface area contributed by atoms with Gasteiger partial charge in [0, 0.05) is 25.7 Å². The van der Waals surface area contributed by atoms with Gasteiger partial charge in [0.1, 0.15) is 19.3 Å². The highest BCUT2D eigenvalue weighted by Gasteiger charge is 2.30.